The first-order valence-electron chi connectivity index (χ1n) is 9.51. The normalized spacial score (nSPS) is 18.8. The minimum Gasteiger partial charge on any atom is -0.495 e. The highest BCUT2D eigenvalue weighted by Crippen LogP contribution is 2.37. The standard InChI is InChI=1S/C21H22N2O5/c1-25-19-12-15-14-4-2-3-5-17(14)28-18(15)13-16(19)22-20(24)23-8-6-21(7-9-23)26-10-11-27-21/h2-5,12-13H,6-11H2,1H3,(H,22,24). The Balaban J connectivity index is 1.38. The summed E-state index contributed by atoms with van der Waals surface area (Å²) in [4.78, 5) is 14.6. The summed E-state index contributed by atoms with van der Waals surface area (Å²) < 4.78 is 22.9. The summed E-state index contributed by atoms with van der Waals surface area (Å²) in [7, 11) is 1.60. The van der Waals surface area contributed by atoms with Gasteiger partial charge in [0.25, 0.3) is 0 Å². The first-order valence-corrected chi connectivity index (χ1v) is 9.51. The van der Waals surface area contributed by atoms with E-state index in [-0.39, 0.29) is 6.03 Å². The molecule has 1 spiro atoms. The number of rotatable bonds is 2. The second-order valence-corrected chi connectivity index (χ2v) is 7.17. The van der Waals surface area contributed by atoms with E-state index in [9.17, 15) is 4.79 Å². The number of fused-ring (bicyclic) bond motifs is 3. The quantitative estimate of drug-likeness (QED) is 0.726. The van der Waals surface area contributed by atoms with Crippen molar-refractivity contribution in [3.63, 3.8) is 0 Å². The Hall–Kier alpha value is -2.77. The van der Waals surface area contributed by atoms with E-state index in [1.165, 1.54) is 0 Å². The van der Waals surface area contributed by atoms with Crippen LogP contribution in [0.15, 0.2) is 40.8 Å². The number of nitrogens with one attached hydrogen (secondary N) is 1. The molecule has 7 heteroatoms. The van der Waals surface area contributed by atoms with Crippen LogP contribution in [0.2, 0.25) is 0 Å². The third-order valence-corrected chi connectivity index (χ3v) is 5.57. The van der Waals surface area contributed by atoms with E-state index in [0.717, 1.165) is 16.4 Å². The number of furan rings is 1. The van der Waals surface area contributed by atoms with E-state index in [2.05, 4.69) is 5.32 Å². The predicted octanol–water partition coefficient (Wildman–Crippen LogP) is 3.97. The van der Waals surface area contributed by atoms with Crippen molar-refractivity contribution in [3.8, 4) is 5.75 Å². The third-order valence-electron chi connectivity index (χ3n) is 5.57. The number of ether oxygens (including phenoxy) is 3. The molecule has 0 bridgehead atoms. The van der Waals surface area contributed by atoms with Gasteiger partial charge in [-0.1, -0.05) is 18.2 Å². The predicted molar refractivity (Wildman–Crippen MR) is 105 cm³/mol. The summed E-state index contributed by atoms with van der Waals surface area (Å²) >= 11 is 0. The third kappa shape index (κ3) is 2.87. The second-order valence-electron chi connectivity index (χ2n) is 7.17. The molecular weight excluding hydrogens is 360 g/mol. The van der Waals surface area contributed by atoms with Gasteiger partial charge in [0.15, 0.2) is 5.79 Å². The molecule has 1 aromatic heterocycles. The van der Waals surface area contributed by atoms with Crippen molar-refractivity contribution in [1.29, 1.82) is 0 Å². The summed E-state index contributed by atoms with van der Waals surface area (Å²) in [5.41, 5.74) is 2.11. The van der Waals surface area contributed by atoms with Crippen molar-refractivity contribution < 1.29 is 23.4 Å². The average Bonchev–Trinajstić information content (AvgIpc) is 3.32. The van der Waals surface area contributed by atoms with E-state index >= 15 is 0 Å². The molecule has 2 saturated heterocycles. The number of para-hydroxylation sites is 1. The van der Waals surface area contributed by atoms with E-state index < -0.39 is 5.79 Å². The highest BCUT2D eigenvalue weighted by atomic mass is 16.7. The lowest BCUT2D eigenvalue weighted by Gasteiger charge is -2.37. The zero-order valence-corrected chi connectivity index (χ0v) is 15.7. The maximum atomic E-state index is 12.8. The van der Waals surface area contributed by atoms with Gasteiger partial charge in [0.1, 0.15) is 16.9 Å². The Kier molecular flexibility index (Phi) is 4.14. The van der Waals surface area contributed by atoms with Gasteiger partial charge >= 0.3 is 6.03 Å². The fourth-order valence-electron chi connectivity index (χ4n) is 4.05. The van der Waals surface area contributed by atoms with Gasteiger partial charge in [-0.25, -0.2) is 4.79 Å². The number of carbonyl (C=O) groups is 1. The highest BCUT2D eigenvalue weighted by Gasteiger charge is 2.40. The Morgan fingerprint density at radius 2 is 1.82 bits per heavy atom. The lowest BCUT2D eigenvalue weighted by molar-refractivity contribution is -0.181. The Morgan fingerprint density at radius 1 is 1.07 bits per heavy atom. The van der Waals surface area contributed by atoms with Crippen molar-refractivity contribution in [3.05, 3.63) is 36.4 Å². The molecule has 0 radical (unpaired) electrons. The van der Waals surface area contributed by atoms with Crippen LogP contribution in [0.1, 0.15) is 12.8 Å². The summed E-state index contributed by atoms with van der Waals surface area (Å²) in [5, 5.41) is 4.95. The smallest absolute Gasteiger partial charge is 0.321 e. The number of carbonyl (C=O) groups excluding carboxylic acids is 1. The highest BCUT2D eigenvalue weighted by molar-refractivity contribution is 6.07. The number of nitrogens with zero attached hydrogens (tertiary/aromatic N) is 1. The number of likely N-dealkylation sites (tertiary alicyclic amines) is 1. The van der Waals surface area contributed by atoms with Crippen molar-refractivity contribution in [2.24, 2.45) is 0 Å². The van der Waals surface area contributed by atoms with E-state index in [1.807, 2.05) is 36.4 Å². The van der Waals surface area contributed by atoms with E-state index in [0.29, 0.717) is 56.2 Å². The second kappa shape index (κ2) is 6.68. The molecule has 2 aliphatic rings. The first-order chi connectivity index (χ1) is 13.7. The van der Waals surface area contributed by atoms with Crippen molar-refractivity contribution in [2.45, 2.75) is 18.6 Å². The Labute approximate surface area is 162 Å². The van der Waals surface area contributed by atoms with Gasteiger partial charge in [0, 0.05) is 42.8 Å². The number of piperidine rings is 1. The van der Waals surface area contributed by atoms with Gasteiger partial charge in [0.05, 0.1) is 26.0 Å². The molecule has 7 nitrogen and oxygen atoms in total. The molecule has 28 heavy (non-hydrogen) atoms. The Morgan fingerprint density at radius 3 is 2.57 bits per heavy atom. The number of hydrogen-bond acceptors (Lipinski definition) is 5. The molecule has 146 valence electrons. The van der Waals surface area contributed by atoms with Crippen molar-refractivity contribution in [2.75, 3.05) is 38.7 Å². The molecule has 5 rings (SSSR count). The average molecular weight is 382 g/mol. The molecule has 0 saturated carbocycles. The fraction of sp³-hybridized carbons (Fsp3) is 0.381. The molecule has 2 aromatic carbocycles. The molecule has 2 fully saturated rings. The van der Waals surface area contributed by atoms with Crippen LogP contribution in [0.4, 0.5) is 10.5 Å². The number of amides is 2. The largest absolute Gasteiger partial charge is 0.495 e. The molecule has 0 aliphatic carbocycles. The van der Waals surface area contributed by atoms with Crippen LogP contribution in [-0.2, 0) is 9.47 Å². The minimum atomic E-state index is -0.498. The molecule has 2 amide bonds. The summed E-state index contributed by atoms with van der Waals surface area (Å²) in [5.74, 6) is 0.102. The topological polar surface area (TPSA) is 73.2 Å². The molecule has 3 heterocycles. The van der Waals surface area contributed by atoms with Gasteiger partial charge in [-0.15, -0.1) is 0 Å². The zero-order valence-electron chi connectivity index (χ0n) is 15.7. The number of hydrogen-bond donors (Lipinski definition) is 1. The number of anilines is 1. The van der Waals surface area contributed by atoms with Crippen LogP contribution in [0, 0.1) is 0 Å². The van der Waals surface area contributed by atoms with E-state index in [1.54, 1.807) is 12.0 Å². The number of urea groups is 1. The molecule has 0 atom stereocenters. The van der Waals surface area contributed by atoms with Crippen molar-refractivity contribution >= 4 is 33.7 Å². The monoisotopic (exact) mass is 382 g/mol. The van der Waals surface area contributed by atoms with Crippen LogP contribution in [0.25, 0.3) is 21.9 Å². The van der Waals surface area contributed by atoms with Crippen molar-refractivity contribution in [1.82, 2.24) is 4.90 Å². The summed E-state index contributed by atoms with van der Waals surface area (Å²) in [6.45, 7) is 2.42. The lowest BCUT2D eigenvalue weighted by Crippen LogP contribution is -2.48. The zero-order chi connectivity index (χ0) is 19.1. The SMILES string of the molecule is COc1cc2c(cc1NC(=O)N1CCC3(CC1)OCCO3)oc1ccccc12. The first kappa shape index (κ1) is 17.3. The van der Waals surface area contributed by atoms with Gasteiger partial charge in [-0.3, -0.25) is 0 Å². The fourth-order valence-corrected chi connectivity index (χ4v) is 4.05. The van der Waals surface area contributed by atoms with Crippen LogP contribution in [0.5, 0.6) is 5.75 Å². The summed E-state index contributed by atoms with van der Waals surface area (Å²) in [6, 6.07) is 11.4. The van der Waals surface area contributed by atoms with Gasteiger partial charge in [-0.2, -0.15) is 0 Å². The van der Waals surface area contributed by atoms with Gasteiger partial charge < -0.3 is 28.8 Å². The summed E-state index contributed by atoms with van der Waals surface area (Å²) in [6.07, 6.45) is 1.36. The lowest BCUT2D eigenvalue weighted by atomic mass is 10.0. The van der Waals surface area contributed by atoms with Crippen LogP contribution >= 0.6 is 0 Å². The van der Waals surface area contributed by atoms with E-state index in [4.69, 9.17) is 18.6 Å². The molecule has 1 N–H and O–H groups in total. The number of methoxy groups -OCH3 is 1. The van der Waals surface area contributed by atoms with Crippen LogP contribution in [-0.4, -0.2) is 50.1 Å². The molecule has 0 unspecified atom stereocenters. The van der Waals surface area contributed by atoms with Gasteiger partial charge in [-0.05, 0) is 12.1 Å². The van der Waals surface area contributed by atoms with Crippen LogP contribution < -0.4 is 10.1 Å². The van der Waals surface area contributed by atoms with Crippen LogP contribution in [0.3, 0.4) is 0 Å². The minimum absolute atomic E-state index is 0.165. The molecule has 3 aromatic rings. The maximum absolute atomic E-state index is 12.8. The molecular formula is C21H22N2O5. The molecule has 2 aliphatic heterocycles. The van der Waals surface area contributed by atoms with Gasteiger partial charge in [0.2, 0.25) is 0 Å². The Bertz CT molecular complexity index is 1030. The maximum Gasteiger partial charge on any atom is 0.321 e. The number of benzene rings is 2.